The van der Waals surface area contributed by atoms with Crippen molar-refractivity contribution in [2.75, 3.05) is 13.1 Å². The second-order valence-electron chi connectivity index (χ2n) is 5.62. The van der Waals surface area contributed by atoms with E-state index in [-0.39, 0.29) is 18.0 Å². The Bertz CT molecular complexity index is 800. The average Bonchev–Trinajstić information content (AvgIpc) is 3.05. The summed E-state index contributed by atoms with van der Waals surface area (Å²) in [6.45, 7) is 1.92. The van der Waals surface area contributed by atoms with Crippen LogP contribution < -0.4 is 11.2 Å². The van der Waals surface area contributed by atoms with Gasteiger partial charge in [-0.1, -0.05) is 12.1 Å². The van der Waals surface area contributed by atoms with Crippen molar-refractivity contribution < 1.29 is 4.79 Å². The first-order valence-corrected chi connectivity index (χ1v) is 7.66. The number of benzene rings is 1. The lowest BCUT2D eigenvalue weighted by molar-refractivity contribution is -0.130. The van der Waals surface area contributed by atoms with Crippen LogP contribution in [0.25, 0.3) is 10.9 Å². The Labute approximate surface area is 127 Å². The van der Waals surface area contributed by atoms with Crippen LogP contribution in [0.1, 0.15) is 25.7 Å². The Morgan fingerprint density at radius 3 is 2.64 bits per heavy atom. The predicted molar refractivity (Wildman–Crippen MR) is 83.9 cm³/mol. The van der Waals surface area contributed by atoms with Gasteiger partial charge in [0.05, 0.1) is 10.9 Å². The minimum Gasteiger partial charge on any atom is -0.343 e. The van der Waals surface area contributed by atoms with Crippen molar-refractivity contribution in [2.24, 2.45) is 0 Å². The Morgan fingerprint density at radius 2 is 1.86 bits per heavy atom. The number of rotatable bonds is 4. The van der Waals surface area contributed by atoms with Crippen LogP contribution in [-0.4, -0.2) is 33.4 Å². The molecule has 0 aliphatic carbocycles. The molecule has 1 N–H and O–H groups in total. The molecule has 2 heterocycles. The van der Waals surface area contributed by atoms with Crippen LogP contribution in [0.4, 0.5) is 0 Å². The number of carbonyl (C=O) groups excluding carboxylic acids is 1. The first-order chi connectivity index (χ1) is 10.7. The number of aromatic nitrogens is 2. The van der Waals surface area contributed by atoms with Crippen LogP contribution in [0.2, 0.25) is 0 Å². The molecule has 0 bridgehead atoms. The number of carbonyl (C=O) groups is 1. The molecule has 3 rings (SSSR count). The van der Waals surface area contributed by atoms with Crippen LogP contribution >= 0.6 is 0 Å². The molecule has 1 amide bonds. The highest BCUT2D eigenvalue weighted by molar-refractivity contribution is 5.77. The van der Waals surface area contributed by atoms with Crippen LogP contribution in [-0.2, 0) is 11.3 Å². The van der Waals surface area contributed by atoms with Gasteiger partial charge in [-0.05, 0) is 31.4 Å². The van der Waals surface area contributed by atoms with Gasteiger partial charge in [0.25, 0.3) is 5.56 Å². The molecule has 0 spiro atoms. The largest absolute Gasteiger partial charge is 0.343 e. The maximum absolute atomic E-state index is 12.3. The number of fused-ring (bicyclic) bond motifs is 1. The molecule has 0 saturated carbocycles. The molecule has 22 heavy (non-hydrogen) atoms. The number of amides is 1. The summed E-state index contributed by atoms with van der Waals surface area (Å²) in [4.78, 5) is 40.9. The third kappa shape index (κ3) is 2.81. The van der Waals surface area contributed by atoms with Crippen LogP contribution in [0.15, 0.2) is 33.9 Å². The normalized spacial score (nSPS) is 14.6. The van der Waals surface area contributed by atoms with Crippen molar-refractivity contribution in [2.45, 2.75) is 32.2 Å². The summed E-state index contributed by atoms with van der Waals surface area (Å²) in [7, 11) is 0. The van der Waals surface area contributed by atoms with E-state index in [4.69, 9.17) is 0 Å². The Balaban J connectivity index is 1.72. The molecule has 1 fully saturated rings. The lowest BCUT2D eigenvalue weighted by Crippen LogP contribution is -2.35. The van der Waals surface area contributed by atoms with E-state index in [9.17, 15) is 14.4 Å². The molecule has 6 heteroatoms. The van der Waals surface area contributed by atoms with E-state index in [2.05, 4.69) is 4.98 Å². The lowest BCUT2D eigenvalue weighted by atomic mass is 10.2. The molecular formula is C16H19N3O3. The third-order valence-corrected chi connectivity index (χ3v) is 4.12. The summed E-state index contributed by atoms with van der Waals surface area (Å²) >= 11 is 0. The zero-order valence-electron chi connectivity index (χ0n) is 12.4. The summed E-state index contributed by atoms with van der Waals surface area (Å²) < 4.78 is 1.18. The molecule has 1 aliphatic rings. The smallest absolute Gasteiger partial charge is 0.328 e. The molecule has 0 atom stereocenters. The summed E-state index contributed by atoms with van der Waals surface area (Å²) in [6, 6.07) is 6.94. The quantitative estimate of drug-likeness (QED) is 0.918. The van der Waals surface area contributed by atoms with Crippen molar-refractivity contribution in [3.63, 3.8) is 0 Å². The van der Waals surface area contributed by atoms with E-state index in [1.165, 1.54) is 4.57 Å². The number of nitrogens with zero attached hydrogens (tertiary/aromatic N) is 2. The number of nitrogens with one attached hydrogen (secondary N) is 1. The van der Waals surface area contributed by atoms with E-state index in [0.29, 0.717) is 23.7 Å². The molecule has 2 aromatic rings. The summed E-state index contributed by atoms with van der Waals surface area (Å²) in [5, 5.41) is 0.493. The molecule has 0 unspecified atom stereocenters. The standard InChI is InChI=1S/C16H19N3O3/c20-14(18-9-3-4-10-18)8-5-11-19-15(21)12-6-1-2-7-13(12)17-16(19)22/h1-2,6-7H,3-5,8-11H2,(H,17,22). The van der Waals surface area contributed by atoms with E-state index in [1.807, 2.05) is 4.90 Å². The monoisotopic (exact) mass is 301 g/mol. The van der Waals surface area contributed by atoms with Crippen molar-refractivity contribution in [1.82, 2.24) is 14.5 Å². The number of likely N-dealkylation sites (tertiary alicyclic amines) is 1. The van der Waals surface area contributed by atoms with Gasteiger partial charge in [-0.15, -0.1) is 0 Å². The van der Waals surface area contributed by atoms with E-state index < -0.39 is 5.69 Å². The Morgan fingerprint density at radius 1 is 1.14 bits per heavy atom. The SMILES string of the molecule is O=C(CCCn1c(=O)[nH]c2ccccc2c1=O)N1CCCC1. The first kappa shape index (κ1) is 14.6. The maximum atomic E-state index is 12.3. The molecule has 116 valence electrons. The lowest BCUT2D eigenvalue weighted by Gasteiger charge is -2.15. The first-order valence-electron chi connectivity index (χ1n) is 7.66. The van der Waals surface area contributed by atoms with Crippen molar-refractivity contribution in [3.8, 4) is 0 Å². The molecule has 1 aromatic heterocycles. The highest BCUT2D eigenvalue weighted by Gasteiger charge is 2.17. The molecule has 0 radical (unpaired) electrons. The van der Waals surface area contributed by atoms with Gasteiger partial charge in [0.15, 0.2) is 0 Å². The fourth-order valence-corrected chi connectivity index (χ4v) is 2.92. The van der Waals surface area contributed by atoms with Crippen LogP contribution in [0.3, 0.4) is 0 Å². The molecule has 6 nitrogen and oxygen atoms in total. The van der Waals surface area contributed by atoms with Crippen molar-refractivity contribution >= 4 is 16.8 Å². The zero-order valence-corrected chi connectivity index (χ0v) is 12.4. The van der Waals surface area contributed by atoms with Crippen molar-refractivity contribution in [3.05, 3.63) is 45.1 Å². The fraction of sp³-hybridized carbons (Fsp3) is 0.438. The number of para-hydroxylation sites is 1. The summed E-state index contributed by atoms with van der Waals surface area (Å²) in [5.74, 6) is 0.114. The second kappa shape index (κ2) is 6.17. The van der Waals surface area contributed by atoms with Crippen LogP contribution in [0.5, 0.6) is 0 Å². The maximum Gasteiger partial charge on any atom is 0.328 e. The van der Waals surface area contributed by atoms with E-state index in [1.54, 1.807) is 24.3 Å². The van der Waals surface area contributed by atoms with Gasteiger partial charge in [0.1, 0.15) is 0 Å². The van der Waals surface area contributed by atoms with Gasteiger partial charge >= 0.3 is 5.69 Å². The average molecular weight is 301 g/mol. The van der Waals surface area contributed by atoms with Gasteiger partial charge in [-0.25, -0.2) is 4.79 Å². The van der Waals surface area contributed by atoms with Crippen molar-refractivity contribution in [1.29, 1.82) is 0 Å². The number of aromatic amines is 1. The second-order valence-corrected chi connectivity index (χ2v) is 5.62. The summed E-state index contributed by atoms with van der Waals surface area (Å²) in [6.07, 6.45) is 3.00. The van der Waals surface area contributed by atoms with Gasteiger partial charge in [0, 0.05) is 26.1 Å². The topological polar surface area (TPSA) is 75.2 Å². The Kier molecular flexibility index (Phi) is 4.09. The molecule has 1 saturated heterocycles. The third-order valence-electron chi connectivity index (χ3n) is 4.12. The molecule has 1 aliphatic heterocycles. The van der Waals surface area contributed by atoms with E-state index >= 15 is 0 Å². The highest BCUT2D eigenvalue weighted by atomic mass is 16.2. The van der Waals surface area contributed by atoms with Gasteiger partial charge in [0.2, 0.25) is 5.91 Å². The predicted octanol–water partition coefficient (Wildman–Crippen LogP) is 1.09. The van der Waals surface area contributed by atoms with Gasteiger partial charge in [-0.2, -0.15) is 0 Å². The minimum absolute atomic E-state index is 0.114. The minimum atomic E-state index is -0.419. The highest BCUT2D eigenvalue weighted by Crippen LogP contribution is 2.10. The van der Waals surface area contributed by atoms with E-state index in [0.717, 1.165) is 25.9 Å². The van der Waals surface area contributed by atoms with Crippen LogP contribution in [0, 0.1) is 0 Å². The zero-order chi connectivity index (χ0) is 15.5. The van der Waals surface area contributed by atoms with Gasteiger partial charge in [-0.3, -0.25) is 14.2 Å². The molecule has 1 aromatic carbocycles. The number of H-pyrrole nitrogens is 1. The number of hydrogen-bond acceptors (Lipinski definition) is 3. The fourth-order valence-electron chi connectivity index (χ4n) is 2.92. The Hall–Kier alpha value is -2.37. The molecular weight excluding hydrogens is 282 g/mol. The van der Waals surface area contributed by atoms with Gasteiger partial charge < -0.3 is 9.88 Å². The summed E-state index contributed by atoms with van der Waals surface area (Å²) in [5.41, 5.74) is -0.174. The number of hydrogen-bond donors (Lipinski definition) is 1.